The van der Waals surface area contributed by atoms with Gasteiger partial charge in [0.15, 0.2) is 0 Å². The lowest BCUT2D eigenvalue weighted by Crippen LogP contribution is -2.12. The van der Waals surface area contributed by atoms with Crippen molar-refractivity contribution in [3.8, 4) is 0 Å². The van der Waals surface area contributed by atoms with Crippen molar-refractivity contribution in [2.24, 2.45) is 0 Å². The predicted octanol–water partition coefficient (Wildman–Crippen LogP) is 4.20. The van der Waals surface area contributed by atoms with Crippen molar-refractivity contribution in [3.63, 3.8) is 0 Å². The normalized spacial score (nSPS) is 15.2. The van der Waals surface area contributed by atoms with Crippen LogP contribution < -0.4 is 0 Å². The van der Waals surface area contributed by atoms with Gasteiger partial charge in [-0.05, 0) is 24.0 Å². The van der Waals surface area contributed by atoms with Gasteiger partial charge in [0, 0.05) is 11.1 Å². The molecule has 8 nitrogen and oxygen atoms in total. The molecule has 0 amide bonds. The fourth-order valence-electron chi connectivity index (χ4n) is 2.82. The molecule has 0 aliphatic heterocycles. The Morgan fingerprint density at radius 1 is 0.733 bits per heavy atom. The van der Waals surface area contributed by atoms with Crippen LogP contribution in [0.4, 0.5) is 0 Å². The first kappa shape index (κ1) is 24.4. The average Bonchev–Trinajstić information content (AvgIpc) is 2.75. The second kappa shape index (κ2) is 10.4. The van der Waals surface area contributed by atoms with E-state index in [1.807, 2.05) is 0 Å². The maximum atomic E-state index is 12.4. The molecule has 0 aliphatic rings. The predicted molar refractivity (Wildman–Crippen MR) is 112 cm³/mol. The first-order chi connectivity index (χ1) is 14.1. The minimum atomic E-state index is -4.70. The second-order valence-corrected chi connectivity index (χ2v) is 9.75. The average molecular weight is 454 g/mol. The summed E-state index contributed by atoms with van der Waals surface area (Å²) in [6.07, 6.45) is 0.972. The number of aryl methyl sites for hydroxylation is 2. The molecule has 0 aromatic heterocycles. The summed E-state index contributed by atoms with van der Waals surface area (Å²) in [5, 5.41) is 0. The van der Waals surface area contributed by atoms with E-state index in [4.69, 9.17) is 9.05 Å². The molecule has 0 fully saturated rings. The molecule has 162 valence electrons. The van der Waals surface area contributed by atoms with E-state index in [0.29, 0.717) is 24.0 Å². The third-order valence-electron chi connectivity index (χ3n) is 4.39. The molecule has 0 aliphatic carbocycles. The SMILES string of the molecule is CCc1ccccc1C(=O)P(=O)(O)OCCOP(=O)(O)C(=O)c1ccccc1CC. The molecule has 2 rings (SSSR count). The molecule has 2 aromatic rings. The highest BCUT2D eigenvalue weighted by Crippen LogP contribution is 2.48. The van der Waals surface area contributed by atoms with Crippen LogP contribution in [0.3, 0.4) is 0 Å². The van der Waals surface area contributed by atoms with E-state index in [1.165, 1.54) is 12.1 Å². The molecule has 2 unspecified atom stereocenters. The minimum Gasteiger partial charge on any atom is -0.319 e. The summed E-state index contributed by atoms with van der Waals surface area (Å²) >= 11 is 0. The Balaban J connectivity index is 1.99. The van der Waals surface area contributed by atoms with Crippen LogP contribution >= 0.6 is 15.2 Å². The number of hydrogen-bond donors (Lipinski definition) is 2. The van der Waals surface area contributed by atoms with Crippen molar-refractivity contribution in [1.29, 1.82) is 0 Å². The molecule has 0 bridgehead atoms. The number of carbonyl (C=O) groups is 2. The first-order valence-corrected chi connectivity index (χ1v) is 12.5. The lowest BCUT2D eigenvalue weighted by Gasteiger charge is -2.15. The first-order valence-electron chi connectivity index (χ1n) is 9.34. The molecule has 30 heavy (non-hydrogen) atoms. The van der Waals surface area contributed by atoms with Gasteiger partial charge in [0.1, 0.15) is 0 Å². The van der Waals surface area contributed by atoms with Crippen molar-refractivity contribution in [1.82, 2.24) is 0 Å². The quantitative estimate of drug-likeness (QED) is 0.382. The van der Waals surface area contributed by atoms with Crippen molar-refractivity contribution >= 4 is 26.2 Å². The summed E-state index contributed by atoms with van der Waals surface area (Å²) in [4.78, 5) is 44.7. The minimum absolute atomic E-state index is 0.0749. The molecule has 0 spiro atoms. The van der Waals surface area contributed by atoms with Crippen molar-refractivity contribution in [2.75, 3.05) is 13.2 Å². The molecule has 10 heteroatoms. The van der Waals surface area contributed by atoms with E-state index < -0.39 is 39.5 Å². The van der Waals surface area contributed by atoms with Crippen LogP contribution in [0.1, 0.15) is 45.7 Å². The summed E-state index contributed by atoms with van der Waals surface area (Å²) in [5.41, 5.74) is -0.801. The van der Waals surface area contributed by atoms with Crippen LogP contribution in [0.25, 0.3) is 0 Å². The highest BCUT2D eigenvalue weighted by Gasteiger charge is 2.35. The van der Waals surface area contributed by atoms with Gasteiger partial charge >= 0.3 is 15.2 Å². The molecular formula is C20H24O8P2. The Hall–Kier alpha value is -1.92. The lowest BCUT2D eigenvalue weighted by atomic mass is 10.1. The van der Waals surface area contributed by atoms with Crippen LogP contribution in [0.5, 0.6) is 0 Å². The van der Waals surface area contributed by atoms with Crippen molar-refractivity contribution in [2.45, 2.75) is 26.7 Å². The maximum Gasteiger partial charge on any atom is 0.399 e. The number of benzene rings is 2. The van der Waals surface area contributed by atoms with E-state index in [2.05, 4.69) is 0 Å². The molecule has 0 saturated carbocycles. The summed E-state index contributed by atoms with van der Waals surface area (Å²) in [5.74, 6) is 0. The Morgan fingerprint density at radius 2 is 1.07 bits per heavy atom. The molecule has 2 atom stereocenters. The molecular weight excluding hydrogens is 430 g/mol. The number of hydrogen-bond acceptors (Lipinski definition) is 6. The zero-order valence-corrected chi connectivity index (χ0v) is 18.5. The molecule has 0 radical (unpaired) electrons. The van der Waals surface area contributed by atoms with Gasteiger partial charge in [-0.1, -0.05) is 62.4 Å². The van der Waals surface area contributed by atoms with Gasteiger partial charge in [0.05, 0.1) is 13.2 Å². The summed E-state index contributed by atoms with van der Waals surface area (Å²) < 4.78 is 34.1. The number of carbonyl (C=O) groups excluding carboxylic acids is 2. The topological polar surface area (TPSA) is 127 Å². The maximum absolute atomic E-state index is 12.4. The third kappa shape index (κ3) is 5.82. The van der Waals surface area contributed by atoms with E-state index in [9.17, 15) is 28.5 Å². The van der Waals surface area contributed by atoms with Crippen LogP contribution in [0.2, 0.25) is 0 Å². The summed E-state index contributed by atoms with van der Waals surface area (Å²) in [6.45, 7) is 2.35. The Bertz CT molecular complexity index is 936. The smallest absolute Gasteiger partial charge is 0.319 e. The van der Waals surface area contributed by atoms with Gasteiger partial charge in [-0.25, -0.2) is 0 Å². The molecule has 2 aromatic carbocycles. The van der Waals surface area contributed by atoms with Crippen LogP contribution in [-0.2, 0) is 31.0 Å². The van der Waals surface area contributed by atoms with Gasteiger partial charge in [0.2, 0.25) is 0 Å². The van der Waals surface area contributed by atoms with Gasteiger partial charge in [0.25, 0.3) is 11.0 Å². The van der Waals surface area contributed by atoms with E-state index >= 15 is 0 Å². The van der Waals surface area contributed by atoms with E-state index in [0.717, 1.165) is 0 Å². The second-order valence-electron chi connectivity index (χ2n) is 6.34. The monoisotopic (exact) mass is 454 g/mol. The standard InChI is InChI=1S/C20H24O8P2/c1-3-15-9-5-7-11-17(15)19(21)29(23,24)27-13-14-28-30(25,26)20(22)18-12-8-6-10-16(18)4-2/h5-12H,3-4,13-14H2,1-2H3,(H,23,24)(H,25,26). The zero-order valence-electron chi connectivity index (χ0n) is 16.7. The summed E-state index contributed by atoms with van der Waals surface area (Å²) in [6, 6.07) is 12.7. The molecule has 0 saturated heterocycles. The third-order valence-corrected chi connectivity index (χ3v) is 6.96. The molecule has 0 heterocycles. The van der Waals surface area contributed by atoms with Crippen molar-refractivity contribution in [3.05, 3.63) is 70.8 Å². The van der Waals surface area contributed by atoms with Gasteiger partial charge in [-0.2, -0.15) is 0 Å². The fraction of sp³-hybridized carbons (Fsp3) is 0.300. The van der Waals surface area contributed by atoms with E-state index in [1.54, 1.807) is 50.2 Å². The van der Waals surface area contributed by atoms with Crippen LogP contribution in [0.15, 0.2) is 48.5 Å². The van der Waals surface area contributed by atoms with Crippen LogP contribution in [0, 0.1) is 0 Å². The lowest BCUT2D eigenvalue weighted by molar-refractivity contribution is 0.0979. The van der Waals surface area contributed by atoms with Gasteiger partial charge in [-0.3, -0.25) is 18.7 Å². The zero-order chi connectivity index (χ0) is 22.4. The van der Waals surface area contributed by atoms with Gasteiger partial charge in [-0.15, -0.1) is 0 Å². The highest BCUT2D eigenvalue weighted by molar-refractivity contribution is 7.72. The highest BCUT2D eigenvalue weighted by atomic mass is 31.2. The van der Waals surface area contributed by atoms with Crippen molar-refractivity contribution < 1.29 is 37.6 Å². The van der Waals surface area contributed by atoms with E-state index in [-0.39, 0.29) is 11.1 Å². The Morgan fingerprint density at radius 3 is 1.40 bits per heavy atom. The fourth-order valence-corrected chi connectivity index (χ4v) is 4.74. The number of rotatable bonds is 11. The Labute approximate surface area is 174 Å². The van der Waals surface area contributed by atoms with Gasteiger partial charge < -0.3 is 18.8 Å². The largest absolute Gasteiger partial charge is 0.399 e. The van der Waals surface area contributed by atoms with Crippen LogP contribution in [-0.4, -0.2) is 34.0 Å². The molecule has 2 N–H and O–H groups in total. The Kier molecular flexibility index (Phi) is 8.44. The summed E-state index contributed by atoms with van der Waals surface area (Å²) in [7, 11) is -9.39.